The smallest absolute Gasteiger partial charge is 0.266 e. The average molecular weight is 505 g/mol. The summed E-state index contributed by atoms with van der Waals surface area (Å²) in [6, 6.07) is 19.9. The fraction of sp³-hybridized carbons (Fsp3) is 0.310. The number of fused-ring (bicyclic) bond motifs is 1. The number of halogens is 1. The topological polar surface area (TPSA) is 68.3 Å². The van der Waals surface area contributed by atoms with Gasteiger partial charge >= 0.3 is 0 Å². The Morgan fingerprint density at radius 1 is 0.892 bits per heavy atom. The summed E-state index contributed by atoms with van der Waals surface area (Å²) in [6.07, 6.45) is 0.830. The van der Waals surface area contributed by atoms with Gasteiger partial charge in [0.05, 0.1) is 30.6 Å². The predicted molar refractivity (Wildman–Crippen MR) is 137 cm³/mol. The van der Waals surface area contributed by atoms with Gasteiger partial charge in [-0.3, -0.25) is 14.4 Å². The maximum Gasteiger partial charge on any atom is 0.266 e. The Bertz CT molecular complexity index is 1280. The second-order valence-corrected chi connectivity index (χ2v) is 8.96. The van der Waals surface area contributed by atoms with E-state index in [2.05, 4.69) is 6.92 Å². The molecule has 0 spiro atoms. The van der Waals surface area contributed by atoms with Crippen LogP contribution in [0.4, 0.5) is 15.8 Å². The molecule has 0 N–H and O–H groups in total. The number of para-hydroxylation sites is 2. The maximum absolute atomic E-state index is 14.6. The number of unbranched alkanes of at least 4 members (excludes halogenated alkanes) is 1. The lowest BCUT2D eigenvalue weighted by Crippen LogP contribution is -2.37. The second kappa shape index (κ2) is 10.6. The molecule has 3 aromatic carbocycles. The molecule has 8 heteroatoms. The van der Waals surface area contributed by atoms with Crippen molar-refractivity contribution in [3.05, 3.63) is 84.2 Å². The number of anilines is 2. The molecule has 3 atom stereocenters. The molecule has 2 heterocycles. The Balaban J connectivity index is 1.56. The van der Waals surface area contributed by atoms with Gasteiger partial charge in [-0.25, -0.2) is 14.4 Å². The van der Waals surface area contributed by atoms with Crippen LogP contribution in [-0.2, 0) is 14.4 Å². The lowest BCUT2D eigenvalue weighted by Gasteiger charge is -2.29. The number of hydrogen-bond acceptors (Lipinski definition) is 6. The van der Waals surface area contributed by atoms with Crippen LogP contribution in [-0.4, -0.2) is 31.1 Å². The highest BCUT2D eigenvalue weighted by molar-refractivity contribution is 6.24. The minimum atomic E-state index is -1.09. The van der Waals surface area contributed by atoms with E-state index in [1.165, 1.54) is 18.2 Å². The summed E-state index contributed by atoms with van der Waals surface area (Å²) in [6.45, 7) is 4.98. The predicted octanol–water partition coefficient (Wildman–Crippen LogP) is 5.45. The molecule has 3 aromatic rings. The number of imide groups is 1. The van der Waals surface area contributed by atoms with Crippen molar-refractivity contribution in [3.8, 4) is 11.5 Å². The standard InChI is InChI=1S/C29H29FN2O5/c1-3-5-17-36-23-16-15-19(18-24(23)35-4-2)26-25-27(37-32(26)20-11-7-6-8-12-20)29(34)31(28(25)33)22-14-10-9-13-21(22)30/h6-16,18,25-27H,3-5,17H2,1-2H3/t25-,26+,27+/m0/s1. The van der Waals surface area contributed by atoms with E-state index in [9.17, 15) is 14.0 Å². The van der Waals surface area contributed by atoms with Crippen molar-refractivity contribution in [2.24, 2.45) is 5.92 Å². The number of hydroxylamine groups is 1. The van der Waals surface area contributed by atoms with E-state index < -0.39 is 35.7 Å². The number of benzene rings is 3. The van der Waals surface area contributed by atoms with Crippen LogP contribution in [0.25, 0.3) is 0 Å². The molecular formula is C29H29FN2O5. The van der Waals surface area contributed by atoms with Crippen LogP contribution in [0.1, 0.15) is 38.3 Å². The highest BCUT2D eigenvalue weighted by Crippen LogP contribution is 2.49. The van der Waals surface area contributed by atoms with Gasteiger partial charge in [-0.2, -0.15) is 0 Å². The second-order valence-electron chi connectivity index (χ2n) is 8.96. The van der Waals surface area contributed by atoms with E-state index >= 15 is 0 Å². The fourth-order valence-electron chi connectivity index (χ4n) is 4.85. The molecule has 2 fully saturated rings. The Morgan fingerprint density at radius 3 is 2.38 bits per heavy atom. The third-order valence-corrected chi connectivity index (χ3v) is 6.58. The van der Waals surface area contributed by atoms with Crippen molar-refractivity contribution >= 4 is 23.2 Å². The van der Waals surface area contributed by atoms with Gasteiger partial charge in [-0.05, 0) is 55.3 Å². The van der Waals surface area contributed by atoms with Crippen molar-refractivity contribution in [2.45, 2.75) is 38.8 Å². The van der Waals surface area contributed by atoms with Gasteiger partial charge in [0.25, 0.3) is 5.91 Å². The van der Waals surface area contributed by atoms with Crippen LogP contribution in [0.3, 0.4) is 0 Å². The van der Waals surface area contributed by atoms with Crippen LogP contribution in [0.2, 0.25) is 0 Å². The van der Waals surface area contributed by atoms with Gasteiger partial charge in [-0.15, -0.1) is 0 Å². The number of hydrogen-bond donors (Lipinski definition) is 0. The fourth-order valence-corrected chi connectivity index (χ4v) is 4.85. The van der Waals surface area contributed by atoms with Crippen molar-refractivity contribution in [1.29, 1.82) is 0 Å². The lowest BCUT2D eigenvalue weighted by atomic mass is 9.90. The molecule has 0 aromatic heterocycles. The molecule has 37 heavy (non-hydrogen) atoms. The summed E-state index contributed by atoms with van der Waals surface area (Å²) >= 11 is 0. The van der Waals surface area contributed by atoms with Crippen LogP contribution >= 0.6 is 0 Å². The molecule has 0 unspecified atom stereocenters. The van der Waals surface area contributed by atoms with E-state index in [-0.39, 0.29) is 5.69 Å². The van der Waals surface area contributed by atoms with Crippen molar-refractivity contribution in [2.75, 3.05) is 23.2 Å². The Kier molecular flexibility index (Phi) is 7.10. The molecule has 0 aliphatic carbocycles. The third kappa shape index (κ3) is 4.53. The minimum Gasteiger partial charge on any atom is -0.490 e. The van der Waals surface area contributed by atoms with Gasteiger partial charge in [0, 0.05) is 0 Å². The first-order valence-electron chi connectivity index (χ1n) is 12.6. The third-order valence-electron chi connectivity index (χ3n) is 6.58. The van der Waals surface area contributed by atoms with E-state index in [1.54, 1.807) is 11.1 Å². The quantitative estimate of drug-likeness (QED) is 0.285. The van der Waals surface area contributed by atoms with E-state index in [4.69, 9.17) is 14.3 Å². The molecule has 192 valence electrons. The minimum absolute atomic E-state index is 0.0739. The van der Waals surface area contributed by atoms with Crippen molar-refractivity contribution < 1.29 is 28.3 Å². The normalized spacial score (nSPS) is 20.9. The summed E-state index contributed by atoms with van der Waals surface area (Å²) < 4.78 is 26.4. The van der Waals surface area contributed by atoms with Crippen LogP contribution < -0.4 is 19.4 Å². The van der Waals surface area contributed by atoms with Crippen LogP contribution in [0.5, 0.6) is 11.5 Å². The number of ether oxygens (including phenoxy) is 2. The SMILES string of the molecule is CCCCOc1ccc([C@@H]2[C@@H]3C(=O)N(c4ccccc4F)C(=O)[C@@H]3ON2c2ccccc2)cc1OCC. The molecule has 2 aliphatic heterocycles. The largest absolute Gasteiger partial charge is 0.490 e. The highest BCUT2D eigenvalue weighted by Gasteiger charge is 2.60. The number of nitrogens with zero attached hydrogens (tertiary/aromatic N) is 2. The molecule has 2 aliphatic rings. The summed E-state index contributed by atoms with van der Waals surface area (Å²) in [5.41, 5.74) is 1.34. The molecule has 0 bridgehead atoms. The Hall–Kier alpha value is -3.91. The van der Waals surface area contributed by atoms with Gasteiger partial charge in [0.1, 0.15) is 11.7 Å². The van der Waals surface area contributed by atoms with E-state index in [0.717, 1.165) is 23.3 Å². The van der Waals surface area contributed by atoms with Gasteiger partial charge < -0.3 is 9.47 Å². The van der Waals surface area contributed by atoms with E-state index in [0.29, 0.717) is 30.4 Å². The molecular weight excluding hydrogens is 475 g/mol. The van der Waals surface area contributed by atoms with Gasteiger partial charge in [0.2, 0.25) is 5.91 Å². The molecule has 0 saturated carbocycles. The first-order chi connectivity index (χ1) is 18.0. The summed E-state index contributed by atoms with van der Waals surface area (Å²) in [4.78, 5) is 34.2. The summed E-state index contributed by atoms with van der Waals surface area (Å²) in [5.74, 6) is -1.46. The zero-order valence-corrected chi connectivity index (χ0v) is 20.8. The van der Waals surface area contributed by atoms with Crippen molar-refractivity contribution in [3.63, 3.8) is 0 Å². The average Bonchev–Trinajstić information content (AvgIpc) is 3.42. The molecule has 7 nitrogen and oxygen atoms in total. The van der Waals surface area contributed by atoms with Crippen molar-refractivity contribution in [1.82, 2.24) is 0 Å². The number of rotatable bonds is 9. The number of amides is 2. The number of carbonyl (C=O) groups excluding carboxylic acids is 2. The Labute approximate surface area is 215 Å². The first kappa shape index (κ1) is 24.8. The molecule has 5 rings (SSSR count). The number of carbonyl (C=O) groups is 2. The van der Waals surface area contributed by atoms with Gasteiger partial charge in [0.15, 0.2) is 17.6 Å². The molecule has 0 radical (unpaired) electrons. The molecule has 2 saturated heterocycles. The van der Waals surface area contributed by atoms with E-state index in [1.807, 2.05) is 55.5 Å². The summed E-state index contributed by atoms with van der Waals surface area (Å²) in [7, 11) is 0. The first-order valence-corrected chi connectivity index (χ1v) is 12.6. The monoisotopic (exact) mass is 504 g/mol. The zero-order chi connectivity index (χ0) is 25.9. The van der Waals surface area contributed by atoms with Gasteiger partial charge in [-0.1, -0.05) is 49.7 Å². The maximum atomic E-state index is 14.6. The highest BCUT2D eigenvalue weighted by atomic mass is 19.1. The zero-order valence-electron chi connectivity index (χ0n) is 20.8. The lowest BCUT2D eigenvalue weighted by molar-refractivity contribution is -0.126. The van der Waals surface area contributed by atoms with Crippen LogP contribution in [0, 0.1) is 11.7 Å². The Morgan fingerprint density at radius 2 is 1.65 bits per heavy atom. The van der Waals surface area contributed by atoms with Crippen LogP contribution in [0.15, 0.2) is 72.8 Å². The molecule has 2 amide bonds. The summed E-state index contributed by atoms with van der Waals surface area (Å²) in [5, 5.41) is 1.60.